The van der Waals surface area contributed by atoms with E-state index >= 15 is 0 Å². The van der Waals surface area contributed by atoms with Crippen molar-refractivity contribution in [1.29, 1.82) is 0 Å². The van der Waals surface area contributed by atoms with Gasteiger partial charge in [-0.05, 0) is 30.4 Å². The summed E-state index contributed by atoms with van der Waals surface area (Å²) in [5.41, 5.74) is 8.27. The fourth-order valence-electron chi connectivity index (χ4n) is 5.27. The van der Waals surface area contributed by atoms with Gasteiger partial charge in [0.05, 0.1) is 16.9 Å². The molecule has 3 aliphatic rings. The van der Waals surface area contributed by atoms with Crippen molar-refractivity contribution >= 4 is 17.2 Å². The Morgan fingerprint density at radius 2 is 1.90 bits per heavy atom. The number of nitrogens with zero attached hydrogens (tertiary/aromatic N) is 2. The molecule has 1 fully saturated rings. The third-order valence-corrected chi connectivity index (χ3v) is 6.98. The molecule has 7 nitrogen and oxygen atoms in total. The Bertz CT molecular complexity index is 1030. The highest BCUT2D eigenvalue weighted by Crippen LogP contribution is 2.43. The van der Waals surface area contributed by atoms with Gasteiger partial charge in [-0.15, -0.1) is 0 Å². The Hall–Kier alpha value is -2.93. The van der Waals surface area contributed by atoms with Crippen LogP contribution in [0.5, 0.6) is 5.75 Å². The predicted octanol–water partition coefficient (Wildman–Crippen LogP) is 3.53. The Morgan fingerprint density at radius 3 is 2.63 bits per heavy atom. The van der Waals surface area contributed by atoms with Crippen LogP contribution in [0, 0.1) is 10.1 Å². The summed E-state index contributed by atoms with van der Waals surface area (Å²) in [6, 6.07) is 11.9. The van der Waals surface area contributed by atoms with Crippen molar-refractivity contribution in [3.63, 3.8) is 0 Å². The molecule has 5 rings (SSSR count). The Morgan fingerprint density at radius 1 is 1.17 bits per heavy atom. The van der Waals surface area contributed by atoms with Crippen molar-refractivity contribution in [2.45, 2.75) is 50.2 Å². The molecule has 2 heterocycles. The first-order valence-corrected chi connectivity index (χ1v) is 10.6. The van der Waals surface area contributed by atoms with Gasteiger partial charge in [0.25, 0.3) is 5.69 Å². The van der Waals surface area contributed by atoms with Crippen molar-refractivity contribution in [2.75, 3.05) is 18.8 Å². The Labute approximate surface area is 175 Å². The minimum Gasteiger partial charge on any atom is -0.486 e. The summed E-state index contributed by atoms with van der Waals surface area (Å²) in [6.07, 6.45) is 5.16. The van der Waals surface area contributed by atoms with Crippen LogP contribution in [0.15, 0.2) is 36.4 Å². The van der Waals surface area contributed by atoms with E-state index in [4.69, 9.17) is 10.5 Å². The number of nitro benzene ring substituents is 1. The number of nitro groups is 1. The minimum absolute atomic E-state index is 0.0295. The lowest BCUT2D eigenvalue weighted by molar-refractivity contribution is -0.384. The number of anilines is 1. The number of hydrogen-bond acceptors (Lipinski definition) is 6. The summed E-state index contributed by atoms with van der Waals surface area (Å²) in [5.74, 6) is 0.286. The molecule has 156 valence electrons. The Balaban J connectivity index is 1.30. The van der Waals surface area contributed by atoms with Crippen molar-refractivity contribution in [3.8, 4) is 5.75 Å². The molecule has 0 aromatic heterocycles. The number of carbonyl (C=O) groups is 1. The zero-order valence-electron chi connectivity index (χ0n) is 16.8. The molecule has 1 unspecified atom stereocenters. The first-order valence-electron chi connectivity index (χ1n) is 10.6. The molecule has 0 amide bonds. The van der Waals surface area contributed by atoms with E-state index in [-0.39, 0.29) is 29.1 Å². The van der Waals surface area contributed by atoms with Crippen LogP contribution in [0.2, 0.25) is 0 Å². The van der Waals surface area contributed by atoms with Gasteiger partial charge in [-0.2, -0.15) is 0 Å². The average molecular weight is 407 g/mol. The molecule has 2 aromatic rings. The fourth-order valence-corrected chi connectivity index (χ4v) is 5.27. The van der Waals surface area contributed by atoms with E-state index in [0.717, 1.165) is 45.2 Å². The lowest BCUT2D eigenvalue weighted by atomic mass is 9.80. The molecule has 0 radical (unpaired) electrons. The number of hydrogen-bond donors (Lipinski definition) is 1. The highest BCUT2D eigenvalue weighted by atomic mass is 16.6. The van der Waals surface area contributed by atoms with Gasteiger partial charge >= 0.3 is 0 Å². The first-order chi connectivity index (χ1) is 14.4. The molecule has 1 saturated heterocycles. The zero-order valence-corrected chi connectivity index (χ0v) is 16.8. The van der Waals surface area contributed by atoms with Gasteiger partial charge < -0.3 is 10.5 Å². The normalized spacial score (nSPS) is 22.8. The van der Waals surface area contributed by atoms with Gasteiger partial charge in [0, 0.05) is 44.1 Å². The van der Waals surface area contributed by atoms with Crippen LogP contribution in [-0.2, 0) is 12.8 Å². The van der Waals surface area contributed by atoms with Crippen LogP contribution in [0.4, 0.5) is 11.4 Å². The molecule has 1 atom stereocenters. The molecule has 30 heavy (non-hydrogen) atoms. The van der Waals surface area contributed by atoms with Gasteiger partial charge in [-0.1, -0.05) is 24.3 Å². The van der Waals surface area contributed by atoms with E-state index in [1.54, 1.807) is 0 Å². The zero-order chi connectivity index (χ0) is 20.9. The topological polar surface area (TPSA) is 98.7 Å². The number of likely N-dealkylation sites (tertiary alicyclic amines) is 1. The number of piperidine rings is 1. The van der Waals surface area contributed by atoms with Crippen LogP contribution in [-0.4, -0.2) is 40.3 Å². The van der Waals surface area contributed by atoms with E-state index in [2.05, 4.69) is 29.2 Å². The number of fused-ring (bicyclic) bond motifs is 2. The van der Waals surface area contributed by atoms with Crippen LogP contribution in [0.3, 0.4) is 0 Å². The first kappa shape index (κ1) is 19.1. The number of ketones is 1. The predicted molar refractivity (Wildman–Crippen MR) is 113 cm³/mol. The quantitative estimate of drug-likeness (QED) is 0.464. The van der Waals surface area contributed by atoms with Crippen LogP contribution >= 0.6 is 0 Å². The molecular formula is C23H25N3O4. The van der Waals surface area contributed by atoms with Gasteiger partial charge in [-0.25, -0.2) is 0 Å². The highest BCUT2D eigenvalue weighted by molar-refractivity contribution is 6.01. The second kappa shape index (κ2) is 7.09. The molecule has 1 aliphatic carbocycles. The van der Waals surface area contributed by atoms with E-state index in [1.165, 1.54) is 23.3 Å². The lowest BCUT2D eigenvalue weighted by Gasteiger charge is -2.46. The lowest BCUT2D eigenvalue weighted by Crippen LogP contribution is -2.54. The maximum Gasteiger partial charge on any atom is 0.293 e. The van der Waals surface area contributed by atoms with Gasteiger partial charge in [0.1, 0.15) is 17.0 Å². The third kappa shape index (κ3) is 3.23. The van der Waals surface area contributed by atoms with E-state index in [1.807, 2.05) is 0 Å². The number of aryl methyl sites for hydroxylation is 1. The number of ether oxygens (including phenoxy) is 1. The average Bonchev–Trinajstić information content (AvgIpc) is 2.73. The largest absolute Gasteiger partial charge is 0.486 e. The van der Waals surface area contributed by atoms with E-state index < -0.39 is 10.5 Å². The third-order valence-electron chi connectivity index (χ3n) is 6.98. The maximum absolute atomic E-state index is 12.8. The number of nitrogen functional groups attached to an aromatic ring is 1. The molecule has 2 N–H and O–H groups in total. The van der Waals surface area contributed by atoms with Crippen LogP contribution < -0.4 is 10.5 Å². The smallest absolute Gasteiger partial charge is 0.293 e. The molecule has 2 aliphatic heterocycles. The second-order valence-corrected chi connectivity index (χ2v) is 8.75. The summed E-state index contributed by atoms with van der Waals surface area (Å²) in [4.78, 5) is 25.9. The minimum atomic E-state index is -0.561. The van der Waals surface area contributed by atoms with Crippen molar-refractivity contribution in [1.82, 2.24) is 4.90 Å². The van der Waals surface area contributed by atoms with Gasteiger partial charge in [0.15, 0.2) is 5.78 Å². The molecule has 0 bridgehead atoms. The molecule has 2 aromatic carbocycles. The summed E-state index contributed by atoms with van der Waals surface area (Å²) < 4.78 is 6.29. The van der Waals surface area contributed by atoms with Gasteiger partial charge in [-0.3, -0.25) is 19.8 Å². The molecular weight excluding hydrogens is 382 g/mol. The summed E-state index contributed by atoms with van der Waals surface area (Å²) in [6.45, 7) is 1.77. The monoisotopic (exact) mass is 407 g/mol. The summed E-state index contributed by atoms with van der Waals surface area (Å²) >= 11 is 0. The number of nitrogens with two attached hydrogens (primary N) is 1. The molecule has 1 spiro atoms. The van der Waals surface area contributed by atoms with Crippen LogP contribution in [0.1, 0.15) is 47.2 Å². The van der Waals surface area contributed by atoms with E-state index in [9.17, 15) is 14.9 Å². The number of rotatable bonds is 2. The molecule has 0 saturated carbocycles. The maximum atomic E-state index is 12.8. The van der Waals surface area contributed by atoms with Crippen molar-refractivity contribution < 1.29 is 14.5 Å². The van der Waals surface area contributed by atoms with E-state index in [0.29, 0.717) is 11.8 Å². The highest BCUT2D eigenvalue weighted by Gasteiger charge is 2.44. The van der Waals surface area contributed by atoms with Crippen molar-refractivity contribution in [2.24, 2.45) is 0 Å². The van der Waals surface area contributed by atoms with Gasteiger partial charge in [0.2, 0.25) is 0 Å². The second-order valence-electron chi connectivity index (χ2n) is 8.75. The Kier molecular flexibility index (Phi) is 4.50. The fraction of sp³-hybridized carbons (Fsp3) is 0.435. The summed E-state index contributed by atoms with van der Waals surface area (Å²) in [5, 5.41) is 11.1. The number of benzene rings is 2. The van der Waals surface area contributed by atoms with Crippen LogP contribution in [0.25, 0.3) is 0 Å². The number of Topliss-reactive ketones (excluding diaryl/α,β-unsaturated/α-hetero) is 1. The van der Waals surface area contributed by atoms with Crippen molar-refractivity contribution in [3.05, 3.63) is 63.2 Å². The standard InChI is InChI=1S/C23H25N3O4/c24-19-13-22-18(12-20(19)26(28)29)21(27)14-23(30-22)7-9-25(10-8-23)17-6-5-15-3-1-2-4-16(15)11-17/h1-4,12-13,17H,5-11,14,24H2. The molecule has 7 heteroatoms. The SMILES string of the molecule is Nc1cc2c(cc1[N+](=O)[O-])C(=O)CC1(CCN(C3CCc4ccccc4C3)CC1)O2. The summed E-state index contributed by atoms with van der Waals surface area (Å²) in [7, 11) is 0. The number of carbonyl (C=O) groups excluding carboxylic acids is 1.